The van der Waals surface area contributed by atoms with Crippen LogP contribution >= 0.6 is 12.6 Å². The van der Waals surface area contributed by atoms with Gasteiger partial charge in [0, 0.05) is 18.1 Å². The molecule has 0 heterocycles. The zero-order chi connectivity index (χ0) is 13.7. The van der Waals surface area contributed by atoms with Crippen molar-refractivity contribution in [1.29, 1.82) is 0 Å². The Morgan fingerprint density at radius 2 is 2.06 bits per heavy atom. The molecule has 0 aliphatic carbocycles. The normalized spacial score (nSPS) is 9.94. The molecule has 1 aromatic rings. The number of hydrogen-bond acceptors (Lipinski definition) is 4. The Morgan fingerprint density at radius 1 is 1.39 bits per heavy atom. The van der Waals surface area contributed by atoms with E-state index >= 15 is 0 Å². The van der Waals surface area contributed by atoms with Crippen LogP contribution in [0.15, 0.2) is 28.7 Å². The molecule has 98 valence electrons. The molecular formula is C13H17NO3S. The average Bonchev–Trinajstić information content (AvgIpc) is 2.27. The van der Waals surface area contributed by atoms with Crippen LogP contribution in [0.25, 0.3) is 0 Å². The molecule has 0 aliphatic heterocycles. The summed E-state index contributed by atoms with van der Waals surface area (Å²) in [6.07, 6.45) is 0.674. The zero-order valence-corrected chi connectivity index (χ0v) is 11.3. The summed E-state index contributed by atoms with van der Waals surface area (Å²) in [5, 5.41) is 9.43. The quantitative estimate of drug-likeness (QED) is 0.718. The molecule has 4 nitrogen and oxygen atoms in total. The monoisotopic (exact) mass is 267 g/mol. The topological polar surface area (TPSA) is 72.6 Å². The van der Waals surface area contributed by atoms with E-state index in [4.69, 9.17) is 10.5 Å². The van der Waals surface area contributed by atoms with Gasteiger partial charge in [0.25, 0.3) is 0 Å². The van der Waals surface area contributed by atoms with E-state index < -0.39 is 5.91 Å². The molecule has 5 heteroatoms. The van der Waals surface area contributed by atoms with Crippen LogP contribution in [-0.4, -0.2) is 17.6 Å². The molecule has 1 amide bonds. The van der Waals surface area contributed by atoms with Crippen LogP contribution in [0.3, 0.4) is 0 Å². The van der Waals surface area contributed by atoms with Gasteiger partial charge in [0.1, 0.15) is 11.5 Å². The number of carbonyl (C=O) groups is 1. The molecular weight excluding hydrogens is 250 g/mol. The van der Waals surface area contributed by atoms with Crippen LogP contribution in [0, 0.1) is 0 Å². The predicted molar refractivity (Wildman–Crippen MR) is 74.1 cm³/mol. The van der Waals surface area contributed by atoms with E-state index in [9.17, 15) is 9.90 Å². The van der Waals surface area contributed by atoms with Gasteiger partial charge >= 0.3 is 0 Å². The van der Waals surface area contributed by atoms with E-state index in [0.29, 0.717) is 18.8 Å². The highest BCUT2D eigenvalue weighted by Gasteiger charge is 2.06. The van der Waals surface area contributed by atoms with E-state index in [2.05, 4.69) is 12.6 Å². The highest BCUT2D eigenvalue weighted by atomic mass is 32.1. The average molecular weight is 267 g/mol. The SMILES string of the molecule is CC(C)=C(S)CCOc1cc(O)cc(C(N)=O)c1. The van der Waals surface area contributed by atoms with E-state index in [1.807, 2.05) is 13.8 Å². The first-order valence-corrected chi connectivity index (χ1v) is 5.97. The Morgan fingerprint density at radius 3 is 2.61 bits per heavy atom. The number of benzene rings is 1. The number of rotatable bonds is 5. The van der Waals surface area contributed by atoms with Gasteiger partial charge < -0.3 is 15.6 Å². The summed E-state index contributed by atoms with van der Waals surface area (Å²) in [5.74, 6) is -0.233. The minimum atomic E-state index is -0.602. The molecule has 0 bridgehead atoms. The third-order valence-corrected chi connectivity index (χ3v) is 3.03. The number of hydrogen-bond donors (Lipinski definition) is 3. The van der Waals surface area contributed by atoms with Crippen LogP contribution < -0.4 is 10.5 Å². The lowest BCUT2D eigenvalue weighted by Gasteiger charge is -2.08. The van der Waals surface area contributed by atoms with E-state index in [0.717, 1.165) is 10.5 Å². The minimum absolute atomic E-state index is 0.0467. The second-order valence-electron chi connectivity index (χ2n) is 4.12. The Hall–Kier alpha value is -1.62. The first-order chi connectivity index (χ1) is 8.40. The van der Waals surface area contributed by atoms with Crippen molar-refractivity contribution in [1.82, 2.24) is 0 Å². The summed E-state index contributed by atoms with van der Waals surface area (Å²) in [4.78, 5) is 12.0. The van der Waals surface area contributed by atoms with Gasteiger partial charge in [-0.15, -0.1) is 12.6 Å². The molecule has 0 radical (unpaired) electrons. The minimum Gasteiger partial charge on any atom is -0.508 e. The van der Waals surface area contributed by atoms with Crippen molar-refractivity contribution in [3.8, 4) is 11.5 Å². The molecule has 0 saturated carbocycles. The highest BCUT2D eigenvalue weighted by molar-refractivity contribution is 7.84. The number of amides is 1. The van der Waals surface area contributed by atoms with Crippen molar-refractivity contribution in [3.05, 3.63) is 34.2 Å². The molecule has 0 fully saturated rings. The largest absolute Gasteiger partial charge is 0.508 e. The Bertz CT molecular complexity index is 479. The van der Waals surface area contributed by atoms with E-state index in [1.54, 1.807) is 0 Å². The van der Waals surface area contributed by atoms with Gasteiger partial charge in [0.15, 0.2) is 0 Å². The number of nitrogens with two attached hydrogens (primary N) is 1. The maximum Gasteiger partial charge on any atom is 0.248 e. The molecule has 0 saturated heterocycles. The zero-order valence-electron chi connectivity index (χ0n) is 10.4. The Labute approximate surface area is 112 Å². The van der Waals surface area contributed by atoms with Crippen LogP contribution in [0.2, 0.25) is 0 Å². The third kappa shape index (κ3) is 4.33. The van der Waals surface area contributed by atoms with Gasteiger partial charge in [0.05, 0.1) is 6.61 Å². The van der Waals surface area contributed by atoms with Gasteiger partial charge in [0.2, 0.25) is 5.91 Å². The van der Waals surface area contributed by atoms with Crippen LogP contribution in [0.4, 0.5) is 0 Å². The van der Waals surface area contributed by atoms with E-state index in [1.165, 1.54) is 18.2 Å². The summed E-state index contributed by atoms with van der Waals surface area (Å²) < 4.78 is 5.45. The maximum atomic E-state index is 11.0. The van der Waals surface area contributed by atoms with Crippen molar-refractivity contribution in [2.24, 2.45) is 5.73 Å². The fourth-order valence-corrected chi connectivity index (χ4v) is 1.42. The van der Waals surface area contributed by atoms with Crippen molar-refractivity contribution < 1.29 is 14.6 Å². The molecule has 0 unspecified atom stereocenters. The number of primary amides is 1. The first kappa shape index (κ1) is 14.4. The molecule has 1 rings (SSSR count). The van der Waals surface area contributed by atoms with Gasteiger partial charge in [-0.05, 0) is 30.9 Å². The molecule has 1 aromatic carbocycles. The van der Waals surface area contributed by atoms with Crippen molar-refractivity contribution in [3.63, 3.8) is 0 Å². The van der Waals surface area contributed by atoms with E-state index in [-0.39, 0.29) is 11.3 Å². The van der Waals surface area contributed by atoms with Crippen molar-refractivity contribution >= 4 is 18.5 Å². The molecule has 0 aliphatic rings. The number of aromatic hydroxyl groups is 1. The summed E-state index contributed by atoms with van der Waals surface area (Å²) in [7, 11) is 0. The number of carbonyl (C=O) groups excluding carboxylic acids is 1. The van der Waals surface area contributed by atoms with Crippen LogP contribution in [-0.2, 0) is 0 Å². The molecule has 3 N–H and O–H groups in total. The molecule has 18 heavy (non-hydrogen) atoms. The van der Waals surface area contributed by atoms with Gasteiger partial charge in [-0.3, -0.25) is 4.79 Å². The highest BCUT2D eigenvalue weighted by Crippen LogP contribution is 2.22. The lowest BCUT2D eigenvalue weighted by atomic mass is 10.2. The van der Waals surface area contributed by atoms with Crippen molar-refractivity contribution in [2.75, 3.05) is 6.61 Å². The second kappa shape index (κ2) is 6.35. The third-order valence-electron chi connectivity index (χ3n) is 2.36. The second-order valence-corrected chi connectivity index (χ2v) is 4.66. The predicted octanol–water partition coefficient (Wildman–Crippen LogP) is 2.48. The Balaban J connectivity index is 2.68. The number of phenolic OH excluding ortho intramolecular Hbond substituents is 1. The Kier molecular flexibility index (Phi) is 5.09. The number of thiol groups is 1. The smallest absolute Gasteiger partial charge is 0.248 e. The number of phenols is 1. The lowest BCUT2D eigenvalue weighted by molar-refractivity contribution is 0.0999. The number of allylic oxidation sites excluding steroid dienone is 1. The standard InChI is InChI=1S/C13H17NO3S/c1-8(2)12(18)3-4-17-11-6-9(13(14)16)5-10(15)7-11/h5-7,15,18H,3-4H2,1-2H3,(H2,14,16). The molecule has 0 atom stereocenters. The fraction of sp³-hybridized carbons (Fsp3) is 0.308. The fourth-order valence-electron chi connectivity index (χ4n) is 1.32. The van der Waals surface area contributed by atoms with Crippen LogP contribution in [0.5, 0.6) is 11.5 Å². The summed E-state index contributed by atoms with van der Waals surface area (Å²) >= 11 is 4.32. The van der Waals surface area contributed by atoms with Crippen LogP contribution in [0.1, 0.15) is 30.6 Å². The summed E-state index contributed by atoms with van der Waals surface area (Å²) in [6, 6.07) is 4.24. The lowest BCUT2D eigenvalue weighted by Crippen LogP contribution is -2.11. The first-order valence-electron chi connectivity index (χ1n) is 5.52. The maximum absolute atomic E-state index is 11.0. The molecule has 0 spiro atoms. The number of ether oxygens (including phenoxy) is 1. The summed E-state index contributed by atoms with van der Waals surface area (Å²) in [5.41, 5.74) is 6.50. The van der Waals surface area contributed by atoms with Crippen molar-refractivity contribution in [2.45, 2.75) is 20.3 Å². The van der Waals surface area contributed by atoms with Gasteiger partial charge in [-0.1, -0.05) is 5.57 Å². The van der Waals surface area contributed by atoms with Gasteiger partial charge in [-0.2, -0.15) is 0 Å². The summed E-state index contributed by atoms with van der Waals surface area (Å²) in [6.45, 7) is 4.37. The van der Waals surface area contributed by atoms with Gasteiger partial charge in [-0.25, -0.2) is 0 Å². The molecule has 0 aromatic heterocycles.